The van der Waals surface area contributed by atoms with E-state index >= 15 is 0 Å². The first-order valence-corrected chi connectivity index (χ1v) is 9.96. The molecule has 0 fully saturated rings. The summed E-state index contributed by atoms with van der Waals surface area (Å²) >= 11 is 0. The Balaban J connectivity index is 1.60. The van der Waals surface area contributed by atoms with Crippen LogP contribution in [0.2, 0.25) is 0 Å². The van der Waals surface area contributed by atoms with Gasteiger partial charge in [-0.25, -0.2) is 0 Å². The van der Waals surface area contributed by atoms with Crippen LogP contribution in [0.25, 0.3) is 0 Å². The Labute approximate surface area is 182 Å². The van der Waals surface area contributed by atoms with Crippen molar-refractivity contribution in [2.75, 3.05) is 19.0 Å². The Morgan fingerprint density at radius 3 is 2.39 bits per heavy atom. The Kier molecular flexibility index (Phi) is 7.27. The molecular formula is C25H26N2O4. The van der Waals surface area contributed by atoms with Gasteiger partial charge in [-0.15, -0.1) is 0 Å². The van der Waals surface area contributed by atoms with E-state index in [4.69, 9.17) is 9.47 Å². The van der Waals surface area contributed by atoms with Crippen molar-refractivity contribution in [3.8, 4) is 11.5 Å². The normalized spacial score (nSPS) is 10.3. The van der Waals surface area contributed by atoms with Gasteiger partial charge < -0.3 is 20.1 Å². The highest BCUT2D eigenvalue weighted by Gasteiger charge is 2.14. The third-order valence-electron chi connectivity index (χ3n) is 4.78. The van der Waals surface area contributed by atoms with Crippen LogP contribution in [-0.4, -0.2) is 25.5 Å². The standard InChI is InChI=1S/C25H26N2O4/c1-17-8-10-19(11-9-17)15-26-24(28)16-31-23-7-5-4-6-21(23)25(29)27-22-13-12-20(30-3)14-18(22)2/h4-14H,15-16H2,1-3H3,(H,26,28)(H,27,29). The minimum absolute atomic E-state index is 0.183. The molecule has 0 aliphatic heterocycles. The Hall–Kier alpha value is -3.80. The zero-order valence-corrected chi connectivity index (χ0v) is 17.9. The molecule has 0 radical (unpaired) electrons. The average Bonchev–Trinajstić information content (AvgIpc) is 2.78. The number of methoxy groups -OCH3 is 1. The molecule has 0 unspecified atom stereocenters. The van der Waals surface area contributed by atoms with Crippen molar-refractivity contribution >= 4 is 17.5 Å². The second-order valence-corrected chi connectivity index (χ2v) is 7.18. The summed E-state index contributed by atoms with van der Waals surface area (Å²) in [6.45, 7) is 4.14. The average molecular weight is 418 g/mol. The number of amides is 2. The quantitative estimate of drug-likeness (QED) is 0.573. The van der Waals surface area contributed by atoms with Crippen molar-refractivity contribution in [3.63, 3.8) is 0 Å². The molecule has 160 valence electrons. The van der Waals surface area contributed by atoms with Crippen LogP contribution in [0.3, 0.4) is 0 Å². The predicted molar refractivity (Wildman–Crippen MR) is 121 cm³/mol. The second-order valence-electron chi connectivity index (χ2n) is 7.18. The highest BCUT2D eigenvalue weighted by atomic mass is 16.5. The fourth-order valence-electron chi connectivity index (χ4n) is 2.97. The van der Waals surface area contributed by atoms with Gasteiger partial charge in [-0.2, -0.15) is 0 Å². The molecule has 3 rings (SSSR count). The molecule has 0 spiro atoms. The summed E-state index contributed by atoms with van der Waals surface area (Å²) in [7, 11) is 1.59. The Bertz CT molecular complexity index is 1060. The van der Waals surface area contributed by atoms with Gasteiger partial charge in [-0.3, -0.25) is 9.59 Å². The van der Waals surface area contributed by atoms with Crippen molar-refractivity contribution in [2.24, 2.45) is 0 Å². The number of nitrogens with one attached hydrogen (secondary N) is 2. The third-order valence-corrected chi connectivity index (χ3v) is 4.78. The van der Waals surface area contributed by atoms with Gasteiger partial charge >= 0.3 is 0 Å². The van der Waals surface area contributed by atoms with E-state index in [1.54, 1.807) is 43.5 Å². The third kappa shape index (κ3) is 6.09. The van der Waals surface area contributed by atoms with Gasteiger partial charge in [0.25, 0.3) is 11.8 Å². The summed E-state index contributed by atoms with van der Waals surface area (Å²) in [6.07, 6.45) is 0. The van der Waals surface area contributed by atoms with E-state index in [1.165, 1.54) is 0 Å². The number of ether oxygens (including phenoxy) is 2. The monoisotopic (exact) mass is 418 g/mol. The number of benzene rings is 3. The van der Waals surface area contributed by atoms with E-state index in [9.17, 15) is 9.59 Å². The zero-order valence-electron chi connectivity index (χ0n) is 17.9. The predicted octanol–water partition coefficient (Wildman–Crippen LogP) is 4.26. The number of hydrogen-bond donors (Lipinski definition) is 2. The maximum atomic E-state index is 12.8. The van der Waals surface area contributed by atoms with E-state index in [0.717, 1.165) is 22.4 Å². The molecule has 0 bridgehead atoms. The summed E-state index contributed by atoms with van der Waals surface area (Å²) in [6, 6.07) is 20.2. The number of hydrogen-bond acceptors (Lipinski definition) is 4. The highest BCUT2D eigenvalue weighted by molar-refractivity contribution is 6.06. The smallest absolute Gasteiger partial charge is 0.259 e. The van der Waals surface area contributed by atoms with E-state index in [-0.39, 0.29) is 18.4 Å². The number of aryl methyl sites for hydroxylation is 2. The van der Waals surface area contributed by atoms with E-state index < -0.39 is 0 Å². The summed E-state index contributed by atoms with van der Waals surface area (Å²) in [4.78, 5) is 25.0. The van der Waals surface area contributed by atoms with Crippen molar-refractivity contribution < 1.29 is 19.1 Å². The topological polar surface area (TPSA) is 76.7 Å². The SMILES string of the molecule is COc1ccc(NC(=O)c2ccccc2OCC(=O)NCc2ccc(C)cc2)c(C)c1. The lowest BCUT2D eigenvalue weighted by molar-refractivity contribution is -0.123. The number of carbonyl (C=O) groups excluding carboxylic acids is 2. The van der Waals surface area contributed by atoms with Crippen molar-refractivity contribution in [1.82, 2.24) is 5.32 Å². The fourth-order valence-corrected chi connectivity index (χ4v) is 2.97. The maximum absolute atomic E-state index is 12.8. The minimum Gasteiger partial charge on any atom is -0.497 e. The minimum atomic E-state index is -0.316. The number of carbonyl (C=O) groups is 2. The van der Waals surface area contributed by atoms with Gasteiger partial charge in [-0.1, -0.05) is 42.0 Å². The van der Waals surface area contributed by atoms with Crippen LogP contribution in [0.4, 0.5) is 5.69 Å². The lowest BCUT2D eigenvalue weighted by Crippen LogP contribution is -2.28. The fraction of sp³-hybridized carbons (Fsp3) is 0.200. The largest absolute Gasteiger partial charge is 0.497 e. The second kappa shape index (κ2) is 10.3. The molecule has 3 aromatic rings. The molecule has 31 heavy (non-hydrogen) atoms. The first-order chi connectivity index (χ1) is 15.0. The summed E-state index contributed by atoms with van der Waals surface area (Å²) < 4.78 is 10.8. The highest BCUT2D eigenvalue weighted by Crippen LogP contribution is 2.24. The number of anilines is 1. The molecule has 2 N–H and O–H groups in total. The molecule has 0 atom stereocenters. The van der Waals surface area contributed by atoms with Crippen molar-refractivity contribution in [1.29, 1.82) is 0 Å². The summed E-state index contributed by atoms with van der Waals surface area (Å²) in [5.74, 6) is 0.484. The molecule has 0 saturated heterocycles. The lowest BCUT2D eigenvalue weighted by atomic mass is 10.1. The molecule has 0 aliphatic rings. The molecule has 0 aliphatic carbocycles. The van der Waals surface area contributed by atoms with E-state index in [0.29, 0.717) is 23.5 Å². The van der Waals surface area contributed by atoms with Crippen LogP contribution in [-0.2, 0) is 11.3 Å². The van der Waals surface area contributed by atoms with Gasteiger partial charge in [0.1, 0.15) is 11.5 Å². The molecule has 0 aromatic heterocycles. The van der Waals surface area contributed by atoms with Gasteiger partial charge in [-0.05, 0) is 55.3 Å². The maximum Gasteiger partial charge on any atom is 0.259 e. The van der Waals surface area contributed by atoms with Crippen molar-refractivity contribution in [3.05, 3.63) is 89.0 Å². The molecule has 6 nitrogen and oxygen atoms in total. The van der Waals surface area contributed by atoms with Crippen LogP contribution in [0, 0.1) is 13.8 Å². The molecule has 2 amide bonds. The molecule has 3 aromatic carbocycles. The van der Waals surface area contributed by atoms with Crippen LogP contribution in [0.5, 0.6) is 11.5 Å². The zero-order chi connectivity index (χ0) is 22.2. The Morgan fingerprint density at radius 1 is 0.935 bits per heavy atom. The summed E-state index contributed by atoms with van der Waals surface area (Å²) in [5, 5.41) is 5.70. The van der Waals surface area contributed by atoms with Crippen LogP contribution in [0.1, 0.15) is 27.0 Å². The lowest BCUT2D eigenvalue weighted by Gasteiger charge is -2.13. The number of rotatable bonds is 8. The van der Waals surface area contributed by atoms with E-state index in [1.807, 2.05) is 44.2 Å². The van der Waals surface area contributed by atoms with Crippen LogP contribution < -0.4 is 20.1 Å². The Morgan fingerprint density at radius 2 is 1.68 bits per heavy atom. The van der Waals surface area contributed by atoms with E-state index in [2.05, 4.69) is 10.6 Å². The molecule has 0 saturated carbocycles. The summed E-state index contributed by atoms with van der Waals surface area (Å²) in [5.41, 5.74) is 4.08. The van der Waals surface area contributed by atoms with Crippen molar-refractivity contribution in [2.45, 2.75) is 20.4 Å². The van der Waals surface area contributed by atoms with Gasteiger partial charge in [0.15, 0.2) is 6.61 Å². The molecule has 0 heterocycles. The van der Waals surface area contributed by atoms with Crippen LogP contribution >= 0.6 is 0 Å². The molecular weight excluding hydrogens is 392 g/mol. The van der Waals surface area contributed by atoms with Gasteiger partial charge in [0.2, 0.25) is 0 Å². The molecule has 6 heteroatoms. The van der Waals surface area contributed by atoms with Gasteiger partial charge in [0.05, 0.1) is 12.7 Å². The first-order valence-electron chi connectivity index (χ1n) is 9.96. The van der Waals surface area contributed by atoms with Crippen LogP contribution in [0.15, 0.2) is 66.7 Å². The van der Waals surface area contributed by atoms with Gasteiger partial charge in [0, 0.05) is 12.2 Å². The first kappa shape index (κ1) is 21.9. The number of para-hydroxylation sites is 1.